The van der Waals surface area contributed by atoms with Gasteiger partial charge in [-0.15, -0.1) is 0 Å². The lowest BCUT2D eigenvalue weighted by atomic mass is 9.94. The molecule has 2 rings (SSSR count). The molecule has 1 heterocycles. The Bertz CT molecular complexity index is 487. The Morgan fingerprint density at radius 3 is 2.60 bits per heavy atom. The first-order valence-corrected chi connectivity index (χ1v) is 7.92. The monoisotopic (exact) mass is 270 g/mol. The van der Waals surface area contributed by atoms with E-state index in [9.17, 15) is 0 Å². The standard InChI is InChI=1S/C18H26N2/c1-3-5-9-15(4-2)12-13-17-14-19-18(20-17)16-10-7-6-8-11-16/h6-8,10-11,14-15H,3-5,9,12-13H2,1-2H3,(H,19,20). The van der Waals surface area contributed by atoms with E-state index in [4.69, 9.17) is 0 Å². The summed E-state index contributed by atoms with van der Waals surface area (Å²) in [6, 6.07) is 10.3. The smallest absolute Gasteiger partial charge is 0.137 e. The Morgan fingerprint density at radius 1 is 1.10 bits per heavy atom. The minimum Gasteiger partial charge on any atom is -0.342 e. The zero-order valence-electron chi connectivity index (χ0n) is 12.7. The van der Waals surface area contributed by atoms with Gasteiger partial charge in [0.05, 0.1) is 0 Å². The lowest BCUT2D eigenvalue weighted by Crippen LogP contribution is -2.01. The molecule has 2 heteroatoms. The van der Waals surface area contributed by atoms with Crippen LogP contribution in [0.3, 0.4) is 0 Å². The SMILES string of the molecule is CCCCC(CC)CCc1cnc(-c2ccccc2)[nH]1. The molecule has 1 atom stereocenters. The summed E-state index contributed by atoms with van der Waals surface area (Å²) in [7, 11) is 0. The molecular formula is C18H26N2. The molecule has 1 aromatic heterocycles. The number of aromatic amines is 1. The first kappa shape index (κ1) is 14.8. The summed E-state index contributed by atoms with van der Waals surface area (Å²) in [5.74, 6) is 1.85. The van der Waals surface area contributed by atoms with Crippen molar-refractivity contribution in [1.29, 1.82) is 0 Å². The largest absolute Gasteiger partial charge is 0.342 e. The summed E-state index contributed by atoms with van der Waals surface area (Å²) in [5.41, 5.74) is 2.43. The van der Waals surface area contributed by atoms with E-state index < -0.39 is 0 Å². The molecule has 1 N–H and O–H groups in total. The van der Waals surface area contributed by atoms with Crippen LogP contribution >= 0.6 is 0 Å². The van der Waals surface area contributed by atoms with Gasteiger partial charge in [-0.3, -0.25) is 0 Å². The lowest BCUT2D eigenvalue weighted by molar-refractivity contribution is 0.420. The highest BCUT2D eigenvalue weighted by molar-refractivity contribution is 5.54. The molecule has 0 radical (unpaired) electrons. The van der Waals surface area contributed by atoms with Gasteiger partial charge in [-0.25, -0.2) is 4.98 Å². The Balaban J connectivity index is 1.89. The third-order valence-electron chi connectivity index (χ3n) is 4.04. The fourth-order valence-corrected chi connectivity index (χ4v) is 2.63. The lowest BCUT2D eigenvalue weighted by Gasteiger charge is -2.13. The molecule has 20 heavy (non-hydrogen) atoms. The van der Waals surface area contributed by atoms with Crippen molar-refractivity contribution in [2.75, 3.05) is 0 Å². The number of aromatic nitrogens is 2. The van der Waals surface area contributed by atoms with Crippen molar-refractivity contribution in [3.63, 3.8) is 0 Å². The van der Waals surface area contributed by atoms with Crippen molar-refractivity contribution >= 4 is 0 Å². The van der Waals surface area contributed by atoms with E-state index in [-0.39, 0.29) is 0 Å². The predicted octanol–water partition coefficient (Wildman–Crippen LogP) is 5.23. The van der Waals surface area contributed by atoms with Gasteiger partial charge in [0.15, 0.2) is 0 Å². The second kappa shape index (κ2) is 7.88. The van der Waals surface area contributed by atoms with E-state index in [1.165, 1.54) is 37.8 Å². The summed E-state index contributed by atoms with van der Waals surface area (Å²) < 4.78 is 0. The highest BCUT2D eigenvalue weighted by atomic mass is 14.9. The zero-order chi connectivity index (χ0) is 14.2. The topological polar surface area (TPSA) is 28.7 Å². The number of hydrogen-bond acceptors (Lipinski definition) is 1. The molecule has 0 amide bonds. The van der Waals surface area contributed by atoms with E-state index in [2.05, 4.69) is 48.1 Å². The maximum Gasteiger partial charge on any atom is 0.137 e. The third-order valence-corrected chi connectivity index (χ3v) is 4.04. The molecule has 1 unspecified atom stereocenters. The van der Waals surface area contributed by atoms with Crippen molar-refractivity contribution in [3.05, 3.63) is 42.2 Å². The Hall–Kier alpha value is -1.57. The van der Waals surface area contributed by atoms with Gasteiger partial charge in [0.1, 0.15) is 5.82 Å². The van der Waals surface area contributed by atoms with Gasteiger partial charge in [0, 0.05) is 17.5 Å². The van der Waals surface area contributed by atoms with Crippen LogP contribution < -0.4 is 0 Å². The molecule has 0 saturated carbocycles. The first-order valence-electron chi connectivity index (χ1n) is 7.92. The van der Waals surface area contributed by atoms with Gasteiger partial charge < -0.3 is 4.98 Å². The maximum atomic E-state index is 4.50. The average Bonchev–Trinajstić information content (AvgIpc) is 2.97. The molecule has 0 aliphatic heterocycles. The van der Waals surface area contributed by atoms with E-state index in [0.29, 0.717) is 0 Å². The molecule has 0 saturated heterocycles. The number of unbranched alkanes of at least 4 members (excludes halogenated alkanes) is 1. The van der Waals surface area contributed by atoms with E-state index >= 15 is 0 Å². The number of nitrogens with zero attached hydrogens (tertiary/aromatic N) is 1. The van der Waals surface area contributed by atoms with Gasteiger partial charge in [-0.1, -0.05) is 69.9 Å². The number of rotatable bonds is 8. The number of benzene rings is 1. The van der Waals surface area contributed by atoms with Gasteiger partial charge in [0.2, 0.25) is 0 Å². The molecule has 0 bridgehead atoms. The highest BCUT2D eigenvalue weighted by Gasteiger charge is 2.08. The van der Waals surface area contributed by atoms with Gasteiger partial charge in [-0.2, -0.15) is 0 Å². The molecule has 2 aromatic rings. The van der Waals surface area contributed by atoms with Crippen molar-refractivity contribution < 1.29 is 0 Å². The van der Waals surface area contributed by atoms with Crippen LogP contribution in [-0.2, 0) is 6.42 Å². The van der Waals surface area contributed by atoms with Gasteiger partial charge in [-0.05, 0) is 18.8 Å². The van der Waals surface area contributed by atoms with E-state index in [1.807, 2.05) is 12.3 Å². The normalized spacial score (nSPS) is 12.5. The number of H-pyrrole nitrogens is 1. The van der Waals surface area contributed by atoms with E-state index in [0.717, 1.165) is 23.7 Å². The Kier molecular flexibility index (Phi) is 5.85. The molecular weight excluding hydrogens is 244 g/mol. The molecule has 2 nitrogen and oxygen atoms in total. The van der Waals surface area contributed by atoms with Crippen LogP contribution in [0.5, 0.6) is 0 Å². The number of imidazole rings is 1. The van der Waals surface area contributed by atoms with Crippen LogP contribution in [0.4, 0.5) is 0 Å². The minimum atomic E-state index is 0.860. The fourth-order valence-electron chi connectivity index (χ4n) is 2.63. The third kappa shape index (κ3) is 4.22. The van der Waals surface area contributed by atoms with Gasteiger partial charge in [0.25, 0.3) is 0 Å². The highest BCUT2D eigenvalue weighted by Crippen LogP contribution is 2.20. The molecule has 1 aromatic carbocycles. The molecule has 0 aliphatic carbocycles. The van der Waals surface area contributed by atoms with Crippen LogP contribution in [0, 0.1) is 5.92 Å². The molecule has 0 aliphatic rings. The van der Waals surface area contributed by atoms with Crippen LogP contribution in [-0.4, -0.2) is 9.97 Å². The van der Waals surface area contributed by atoms with E-state index in [1.54, 1.807) is 0 Å². The summed E-state index contributed by atoms with van der Waals surface area (Å²) in [6.45, 7) is 4.58. The summed E-state index contributed by atoms with van der Waals surface area (Å²) in [6.07, 6.45) is 9.70. The number of nitrogens with one attached hydrogen (secondary N) is 1. The second-order valence-corrected chi connectivity index (χ2v) is 5.58. The van der Waals surface area contributed by atoms with Crippen molar-refractivity contribution in [2.24, 2.45) is 5.92 Å². The second-order valence-electron chi connectivity index (χ2n) is 5.58. The van der Waals surface area contributed by atoms with Crippen LogP contribution in [0.25, 0.3) is 11.4 Å². The molecule has 108 valence electrons. The summed E-state index contributed by atoms with van der Waals surface area (Å²) in [4.78, 5) is 7.95. The summed E-state index contributed by atoms with van der Waals surface area (Å²) in [5, 5.41) is 0. The van der Waals surface area contributed by atoms with Crippen LogP contribution in [0.2, 0.25) is 0 Å². The average molecular weight is 270 g/mol. The molecule has 0 fully saturated rings. The molecule has 0 spiro atoms. The van der Waals surface area contributed by atoms with Crippen LogP contribution in [0.15, 0.2) is 36.5 Å². The maximum absolute atomic E-state index is 4.50. The van der Waals surface area contributed by atoms with Crippen molar-refractivity contribution in [3.8, 4) is 11.4 Å². The minimum absolute atomic E-state index is 0.860. The van der Waals surface area contributed by atoms with Crippen molar-refractivity contribution in [2.45, 2.75) is 52.4 Å². The number of aryl methyl sites for hydroxylation is 1. The Labute approximate surface area is 122 Å². The fraction of sp³-hybridized carbons (Fsp3) is 0.500. The quantitative estimate of drug-likeness (QED) is 0.699. The number of hydrogen-bond donors (Lipinski definition) is 1. The summed E-state index contributed by atoms with van der Waals surface area (Å²) >= 11 is 0. The zero-order valence-corrected chi connectivity index (χ0v) is 12.7. The first-order chi connectivity index (χ1) is 9.83. The van der Waals surface area contributed by atoms with Crippen LogP contribution in [0.1, 0.15) is 51.6 Å². The predicted molar refractivity (Wildman–Crippen MR) is 85.7 cm³/mol. The van der Waals surface area contributed by atoms with Crippen molar-refractivity contribution in [1.82, 2.24) is 9.97 Å². The van der Waals surface area contributed by atoms with Gasteiger partial charge >= 0.3 is 0 Å². The Morgan fingerprint density at radius 2 is 1.90 bits per heavy atom.